The predicted molar refractivity (Wildman–Crippen MR) is 52.0 cm³/mol. The number of aliphatic carboxylic acids is 1. The molecule has 0 unspecified atom stereocenters. The van der Waals surface area contributed by atoms with E-state index in [0.29, 0.717) is 5.69 Å². The third-order valence-corrected chi connectivity index (χ3v) is 1.72. The molecule has 0 radical (unpaired) electrons. The first-order valence-electron chi connectivity index (χ1n) is 4.27. The second-order valence-corrected chi connectivity index (χ2v) is 3.05. The van der Waals surface area contributed by atoms with Gasteiger partial charge in [-0.25, -0.2) is 4.39 Å². The van der Waals surface area contributed by atoms with Crippen LogP contribution in [0.2, 0.25) is 0 Å². The zero-order chi connectivity index (χ0) is 11.4. The van der Waals surface area contributed by atoms with Gasteiger partial charge in [-0.15, -0.1) is 0 Å². The summed E-state index contributed by atoms with van der Waals surface area (Å²) in [5.74, 6) is -1.93. The van der Waals surface area contributed by atoms with Crippen LogP contribution in [0.15, 0.2) is 18.2 Å². The Morgan fingerprint density at radius 1 is 1.47 bits per heavy atom. The van der Waals surface area contributed by atoms with Crippen LogP contribution >= 0.6 is 0 Å². The first kappa shape index (κ1) is 11.2. The number of anilines is 1. The quantitative estimate of drug-likeness (QED) is 0.794. The maximum atomic E-state index is 12.8. The highest BCUT2D eigenvalue weighted by atomic mass is 19.1. The van der Waals surface area contributed by atoms with Crippen LogP contribution in [0.1, 0.15) is 12.5 Å². The number of rotatable bonds is 3. The molecule has 5 heteroatoms. The van der Waals surface area contributed by atoms with Gasteiger partial charge in [0.05, 0.1) is 6.42 Å². The van der Waals surface area contributed by atoms with Crippen molar-refractivity contribution in [1.82, 2.24) is 0 Å². The van der Waals surface area contributed by atoms with Crippen molar-refractivity contribution in [3.05, 3.63) is 29.6 Å². The molecule has 80 valence electrons. The lowest BCUT2D eigenvalue weighted by Crippen LogP contribution is -2.10. The minimum absolute atomic E-state index is 0.248. The Morgan fingerprint density at radius 2 is 2.13 bits per heavy atom. The van der Waals surface area contributed by atoms with E-state index in [2.05, 4.69) is 5.32 Å². The molecule has 0 fully saturated rings. The van der Waals surface area contributed by atoms with E-state index in [1.165, 1.54) is 13.0 Å². The molecule has 1 rings (SSSR count). The van der Waals surface area contributed by atoms with Crippen LogP contribution < -0.4 is 5.32 Å². The Hall–Kier alpha value is -1.91. The molecule has 0 saturated heterocycles. The third kappa shape index (κ3) is 3.38. The molecular formula is C10H10FNO3. The molecule has 0 saturated carbocycles. The summed E-state index contributed by atoms with van der Waals surface area (Å²) in [5.41, 5.74) is 0.573. The monoisotopic (exact) mass is 211 g/mol. The summed E-state index contributed by atoms with van der Waals surface area (Å²) in [5, 5.41) is 11.0. The predicted octanol–water partition coefficient (Wildman–Crippen LogP) is 1.41. The fraction of sp³-hybridized carbons (Fsp3) is 0.200. The largest absolute Gasteiger partial charge is 0.481 e. The number of halogens is 1. The van der Waals surface area contributed by atoms with E-state index < -0.39 is 11.8 Å². The third-order valence-electron chi connectivity index (χ3n) is 1.72. The standard InChI is InChI=1S/C10H10FNO3/c1-6(13)12-9-3-2-8(11)4-7(9)5-10(14)15/h2-4H,5H2,1H3,(H,12,13)(H,14,15). The second-order valence-electron chi connectivity index (χ2n) is 3.05. The molecule has 0 heterocycles. The van der Waals surface area contributed by atoms with Crippen LogP contribution in [-0.4, -0.2) is 17.0 Å². The number of hydrogen-bond acceptors (Lipinski definition) is 2. The summed E-state index contributed by atoms with van der Waals surface area (Å²) in [7, 11) is 0. The lowest BCUT2D eigenvalue weighted by molar-refractivity contribution is -0.136. The van der Waals surface area contributed by atoms with E-state index in [0.717, 1.165) is 12.1 Å². The number of carbonyl (C=O) groups excluding carboxylic acids is 1. The number of carboxylic acid groups (broad SMARTS) is 1. The number of benzene rings is 1. The molecule has 0 atom stereocenters. The molecule has 1 aromatic rings. The van der Waals surface area contributed by atoms with Gasteiger partial charge in [0.1, 0.15) is 5.82 Å². The molecule has 0 aliphatic rings. The van der Waals surface area contributed by atoms with E-state index in [1.54, 1.807) is 0 Å². The minimum atomic E-state index is -1.08. The van der Waals surface area contributed by atoms with Crippen LogP contribution in [0.3, 0.4) is 0 Å². The minimum Gasteiger partial charge on any atom is -0.481 e. The highest BCUT2D eigenvalue weighted by molar-refractivity contribution is 5.90. The van der Waals surface area contributed by atoms with Crippen LogP contribution in [0.25, 0.3) is 0 Å². The normalized spacial score (nSPS) is 9.73. The summed E-state index contributed by atoms with van der Waals surface area (Å²) in [6, 6.07) is 3.60. The van der Waals surface area contributed by atoms with Crippen LogP contribution in [0.4, 0.5) is 10.1 Å². The Labute approximate surface area is 85.7 Å². The van der Waals surface area contributed by atoms with E-state index >= 15 is 0 Å². The Balaban J connectivity index is 3.02. The average molecular weight is 211 g/mol. The number of nitrogens with one attached hydrogen (secondary N) is 1. The molecule has 2 N–H and O–H groups in total. The molecule has 0 bridgehead atoms. The molecule has 0 aromatic heterocycles. The molecule has 0 aliphatic heterocycles. The van der Waals surface area contributed by atoms with Crippen LogP contribution in [0, 0.1) is 5.82 Å². The summed E-state index contributed by atoms with van der Waals surface area (Å²) in [6.07, 6.45) is -0.326. The Bertz CT molecular complexity index is 404. The van der Waals surface area contributed by atoms with E-state index in [9.17, 15) is 14.0 Å². The van der Waals surface area contributed by atoms with Gasteiger partial charge in [0.25, 0.3) is 0 Å². The summed E-state index contributed by atoms with van der Waals surface area (Å²) >= 11 is 0. The highest BCUT2D eigenvalue weighted by Gasteiger charge is 2.09. The van der Waals surface area contributed by atoms with Crippen molar-refractivity contribution in [2.75, 3.05) is 5.32 Å². The molecule has 15 heavy (non-hydrogen) atoms. The van der Waals surface area contributed by atoms with Gasteiger partial charge < -0.3 is 10.4 Å². The van der Waals surface area contributed by atoms with Crippen molar-refractivity contribution in [3.8, 4) is 0 Å². The van der Waals surface area contributed by atoms with Gasteiger partial charge in [0.2, 0.25) is 5.91 Å². The van der Waals surface area contributed by atoms with Crippen molar-refractivity contribution in [2.45, 2.75) is 13.3 Å². The van der Waals surface area contributed by atoms with Gasteiger partial charge in [-0.3, -0.25) is 9.59 Å². The van der Waals surface area contributed by atoms with Gasteiger partial charge in [-0.05, 0) is 23.8 Å². The van der Waals surface area contributed by atoms with E-state index in [1.807, 2.05) is 0 Å². The van der Waals surface area contributed by atoms with Crippen molar-refractivity contribution in [3.63, 3.8) is 0 Å². The van der Waals surface area contributed by atoms with Crippen LogP contribution in [0.5, 0.6) is 0 Å². The Kier molecular flexibility index (Phi) is 3.38. The average Bonchev–Trinajstić information content (AvgIpc) is 2.08. The topological polar surface area (TPSA) is 66.4 Å². The van der Waals surface area contributed by atoms with E-state index in [-0.39, 0.29) is 17.9 Å². The smallest absolute Gasteiger partial charge is 0.307 e. The van der Waals surface area contributed by atoms with Gasteiger partial charge in [-0.1, -0.05) is 0 Å². The molecular weight excluding hydrogens is 201 g/mol. The van der Waals surface area contributed by atoms with Crippen molar-refractivity contribution in [2.24, 2.45) is 0 Å². The maximum absolute atomic E-state index is 12.8. The summed E-state index contributed by atoms with van der Waals surface area (Å²) < 4.78 is 12.8. The SMILES string of the molecule is CC(=O)Nc1ccc(F)cc1CC(=O)O. The summed E-state index contributed by atoms with van der Waals surface area (Å²) in [6.45, 7) is 1.30. The van der Waals surface area contributed by atoms with Crippen molar-refractivity contribution in [1.29, 1.82) is 0 Å². The lowest BCUT2D eigenvalue weighted by Gasteiger charge is -2.07. The zero-order valence-corrected chi connectivity index (χ0v) is 8.08. The number of amides is 1. The highest BCUT2D eigenvalue weighted by Crippen LogP contribution is 2.17. The number of carboxylic acids is 1. The van der Waals surface area contributed by atoms with Gasteiger partial charge in [0.15, 0.2) is 0 Å². The van der Waals surface area contributed by atoms with E-state index in [4.69, 9.17) is 5.11 Å². The first-order valence-corrected chi connectivity index (χ1v) is 4.27. The molecule has 1 amide bonds. The second kappa shape index (κ2) is 4.54. The molecule has 0 spiro atoms. The summed E-state index contributed by atoms with van der Waals surface area (Å²) in [4.78, 5) is 21.3. The molecule has 4 nitrogen and oxygen atoms in total. The van der Waals surface area contributed by atoms with Crippen molar-refractivity contribution < 1.29 is 19.1 Å². The maximum Gasteiger partial charge on any atom is 0.307 e. The van der Waals surface area contributed by atoms with Gasteiger partial charge in [-0.2, -0.15) is 0 Å². The first-order chi connectivity index (χ1) is 6.99. The number of carbonyl (C=O) groups is 2. The fourth-order valence-corrected chi connectivity index (χ4v) is 1.18. The zero-order valence-electron chi connectivity index (χ0n) is 8.08. The van der Waals surface area contributed by atoms with Gasteiger partial charge in [0, 0.05) is 12.6 Å². The molecule has 1 aromatic carbocycles. The molecule has 0 aliphatic carbocycles. The Morgan fingerprint density at radius 3 is 2.67 bits per heavy atom. The van der Waals surface area contributed by atoms with Crippen LogP contribution in [-0.2, 0) is 16.0 Å². The van der Waals surface area contributed by atoms with Gasteiger partial charge >= 0.3 is 5.97 Å². The lowest BCUT2D eigenvalue weighted by atomic mass is 10.1. The van der Waals surface area contributed by atoms with Crippen molar-refractivity contribution >= 4 is 17.6 Å². The number of hydrogen-bond donors (Lipinski definition) is 2. The fourth-order valence-electron chi connectivity index (χ4n) is 1.18.